The summed E-state index contributed by atoms with van der Waals surface area (Å²) in [6.07, 6.45) is 1.17. The van der Waals surface area contributed by atoms with Crippen LogP contribution < -0.4 is 16.6 Å². The highest BCUT2D eigenvalue weighted by Crippen LogP contribution is 2.32. The Hall–Kier alpha value is -1.99. The molecule has 0 bridgehead atoms. The van der Waals surface area contributed by atoms with E-state index in [1.807, 2.05) is 6.26 Å². The fourth-order valence-electron chi connectivity index (χ4n) is 2.96. The number of hydrogen-bond acceptors (Lipinski definition) is 10. The van der Waals surface area contributed by atoms with E-state index in [0.29, 0.717) is 22.7 Å². The number of carbonyl (C=O) groups excluding carboxylic acids is 1. The normalized spacial score (nSPS) is 27.7. The van der Waals surface area contributed by atoms with E-state index in [0.717, 1.165) is 0 Å². The van der Waals surface area contributed by atoms with Crippen molar-refractivity contribution in [3.63, 3.8) is 0 Å². The molecule has 3 rings (SSSR count). The van der Waals surface area contributed by atoms with Crippen LogP contribution in [0.1, 0.15) is 12.6 Å². The molecule has 12 heteroatoms. The third kappa shape index (κ3) is 3.99. The zero-order valence-electron chi connectivity index (χ0n) is 14.6. The first-order chi connectivity index (χ1) is 12.8. The summed E-state index contributed by atoms with van der Waals surface area (Å²) >= 11 is 0. The number of imidazole rings is 1. The van der Waals surface area contributed by atoms with E-state index >= 15 is 0 Å². The summed E-state index contributed by atoms with van der Waals surface area (Å²) in [7, 11) is -0.263. The van der Waals surface area contributed by atoms with Crippen LogP contribution in [0.5, 0.6) is 0 Å². The van der Waals surface area contributed by atoms with Gasteiger partial charge in [-0.2, -0.15) is 0 Å². The second kappa shape index (κ2) is 7.94. The van der Waals surface area contributed by atoms with Gasteiger partial charge in [0.1, 0.15) is 41.7 Å². The number of ether oxygens (including phenoxy) is 1. The van der Waals surface area contributed by atoms with Crippen LogP contribution in [0.4, 0.5) is 5.82 Å². The average Bonchev–Trinajstić information content (AvgIpc) is 3.17. The molecule has 1 unspecified atom stereocenters. The highest BCUT2D eigenvalue weighted by Gasteiger charge is 2.46. The Morgan fingerprint density at radius 3 is 2.85 bits per heavy atom. The zero-order chi connectivity index (χ0) is 19.7. The number of aliphatic carboxylic acids is 1. The van der Waals surface area contributed by atoms with Gasteiger partial charge >= 0.3 is 0 Å². The van der Waals surface area contributed by atoms with Crippen molar-refractivity contribution in [1.82, 2.24) is 19.5 Å². The summed E-state index contributed by atoms with van der Waals surface area (Å²) in [5.41, 5.74) is 12.0. The fraction of sp³-hybridized carbons (Fsp3) is 0.600. The van der Waals surface area contributed by atoms with E-state index in [-0.39, 0.29) is 23.1 Å². The minimum absolute atomic E-state index is 0.211. The number of aliphatic hydroxyl groups excluding tert-OH is 2. The molecule has 1 saturated heterocycles. The zero-order valence-corrected chi connectivity index (χ0v) is 15.5. The summed E-state index contributed by atoms with van der Waals surface area (Å²) in [6.45, 7) is 0. The van der Waals surface area contributed by atoms with Crippen molar-refractivity contribution < 1.29 is 24.9 Å². The molecule has 0 radical (unpaired) electrons. The second-order valence-electron chi connectivity index (χ2n) is 6.50. The lowest BCUT2D eigenvalue weighted by molar-refractivity contribution is -0.307. The molecule has 1 fully saturated rings. The first-order valence-electron chi connectivity index (χ1n) is 8.29. The predicted octanol–water partition coefficient (Wildman–Crippen LogP) is -3.26. The van der Waals surface area contributed by atoms with Crippen LogP contribution in [0.15, 0.2) is 12.7 Å². The maximum absolute atomic E-state index is 10.7. The SMILES string of the molecule is C[S+](CC[C@@H](N)C(=O)[O-])C[C@H]1O[C@@H](n2cnc3c(N)ncnc32)[C@H](O)[C@@H]1O. The first-order valence-corrected chi connectivity index (χ1v) is 10.3. The number of rotatable bonds is 7. The number of carbonyl (C=O) groups is 1. The van der Waals surface area contributed by atoms with Gasteiger partial charge in [-0.3, -0.25) is 4.57 Å². The van der Waals surface area contributed by atoms with Crippen LogP contribution in [0.3, 0.4) is 0 Å². The highest BCUT2D eigenvalue weighted by atomic mass is 32.2. The number of hydrogen-bond donors (Lipinski definition) is 4. The fourth-order valence-corrected chi connectivity index (χ4v) is 4.62. The van der Waals surface area contributed by atoms with Crippen LogP contribution in [0, 0.1) is 0 Å². The lowest BCUT2D eigenvalue weighted by Crippen LogP contribution is -2.43. The molecule has 6 N–H and O–H groups in total. The summed E-state index contributed by atoms with van der Waals surface area (Å²) in [5, 5.41) is 31.5. The molecule has 0 amide bonds. The molecule has 0 aliphatic carbocycles. The number of carboxylic acids is 1. The van der Waals surface area contributed by atoms with E-state index in [2.05, 4.69) is 15.0 Å². The van der Waals surface area contributed by atoms with Gasteiger partial charge in [-0.1, -0.05) is 0 Å². The third-order valence-corrected chi connectivity index (χ3v) is 6.36. The largest absolute Gasteiger partial charge is 0.548 e. The van der Waals surface area contributed by atoms with E-state index in [1.165, 1.54) is 17.2 Å². The Morgan fingerprint density at radius 1 is 1.41 bits per heavy atom. The molecule has 0 saturated carbocycles. The predicted molar refractivity (Wildman–Crippen MR) is 96.3 cm³/mol. The van der Waals surface area contributed by atoms with Gasteiger partial charge in [0.05, 0.1) is 18.6 Å². The number of aliphatic hydroxyl groups is 2. The summed E-state index contributed by atoms with van der Waals surface area (Å²) < 4.78 is 7.39. The van der Waals surface area contributed by atoms with Crippen molar-refractivity contribution in [3.8, 4) is 0 Å². The molecule has 0 aromatic carbocycles. The number of aromatic nitrogens is 4. The lowest BCUT2D eigenvalue weighted by Gasteiger charge is -2.16. The molecule has 1 aliphatic heterocycles. The minimum atomic E-state index is -1.28. The summed E-state index contributed by atoms with van der Waals surface area (Å²) in [5.74, 6) is -0.0611. The molecular formula is C15H22N6O5S. The number of nitrogens with zero attached hydrogens (tertiary/aromatic N) is 4. The van der Waals surface area contributed by atoms with Crippen molar-refractivity contribution in [2.24, 2.45) is 5.73 Å². The van der Waals surface area contributed by atoms with E-state index in [4.69, 9.17) is 16.2 Å². The second-order valence-corrected chi connectivity index (χ2v) is 8.80. The van der Waals surface area contributed by atoms with Gasteiger partial charge < -0.3 is 36.3 Å². The molecule has 2 aromatic heterocycles. The summed E-state index contributed by atoms with van der Waals surface area (Å²) in [6, 6.07) is -1.02. The Labute approximate surface area is 157 Å². The van der Waals surface area contributed by atoms with Crippen molar-refractivity contribution in [2.75, 3.05) is 23.5 Å². The molecule has 3 heterocycles. The van der Waals surface area contributed by atoms with Crippen LogP contribution in [0.2, 0.25) is 0 Å². The highest BCUT2D eigenvalue weighted by molar-refractivity contribution is 7.96. The quantitative estimate of drug-likeness (QED) is 0.345. The number of anilines is 1. The smallest absolute Gasteiger partial charge is 0.167 e. The first kappa shape index (κ1) is 19.8. The molecule has 0 spiro atoms. The van der Waals surface area contributed by atoms with Crippen molar-refractivity contribution in [3.05, 3.63) is 12.7 Å². The number of carboxylic acid groups (broad SMARTS) is 1. The van der Waals surface area contributed by atoms with Crippen molar-refractivity contribution >= 4 is 33.8 Å². The Balaban J connectivity index is 1.68. The molecule has 1 aliphatic rings. The van der Waals surface area contributed by atoms with E-state index in [9.17, 15) is 20.1 Å². The Bertz CT molecular complexity index is 819. The molecule has 27 heavy (non-hydrogen) atoms. The monoisotopic (exact) mass is 398 g/mol. The number of nitrogen functional groups attached to an aromatic ring is 1. The maximum atomic E-state index is 10.7. The van der Waals surface area contributed by atoms with Crippen molar-refractivity contribution in [2.45, 2.75) is 37.0 Å². The standard InChI is InChI=1S/C15H22N6O5S/c1-27(3-2-7(16)15(24)25)4-8-10(22)11(23)14(26-8)21-6-20-9-12(17)18-5-19-13(9)21/h5-8,10-11,14,22-23H,2-4,16H2,1H3,(H2-,17,18,19,24,25)/t7-,8-,10-,11-,14-,27?/m1/s1. The van der Waals surface area contributed by atoms with Crippen molar-refractivity contribution in [1.29, 1.82) is 0 Å². The van der Waals surface area contributed by atoms with Gasteiger partial charge in [-0.05, 0) is 10.9 Å². The van der Waals surface area contributed by atoms with Gasteiger partial charge in [0, 0.05) is 12.5 Å². The Morgan fingerprint density at radius 2 is 2.15 bits per heavy atom. The third-order valence-electron chi connectivity index (χ3n) is 4.53. The van der Waals surface area contributed by atoms with E-state index < -0.39 is 36.6 Å². The van der Waals surface area contributed by atoms with Crippen LogP contribution in [0.25, 0.3) is 11.2 Å². The molecule has 2 aromatic rings. The van der Waals surface area contributed by atoms with Gasteiger partial charge in [0.25, 0.3) is 0 Å². The molecule has 148 valence electrons. The van der Waals surface area contributed by atoms with Gasteiger partial charge in [0.15, 0.2) is 17.7 Å². The Kier molecular flexibility index (Phi) is 5.81. The van der Waals surface area contributed by atoms with Crippen LogP contribution >= 0.6 is 0 Å². The maximum Gasteiger partial charge on any atom is 0.167 e. The number of fused-ring (bicyclic) bond motifs is 1. The number of nitrogens with two attached hydrogens (primary N) is 2. The van der Waals surface area contributed by atoms with E-state index in [1.54, 1.807) is 0 Å². The summed E-state index contributed by atoms with van der Waals surface area (Å²) in [4.78, 5) is 22.8. The van der Waals surface area contributed by atoms with Gasteiger partial charge in [0.2, 0.25) is 0 Å². The topological polar surface area (TPSA) is 185 Å². The molecule has 11 nitrogen and oxygen atoms in total. The van der Waals surface area contributed by atoms with Gasteiger partial charge in [-0.15, -0.1) is 0 Å². The molecule has 6 atom stereocenters. The van der Waals surface area contributed by atoms with Gasteiger partial charge in [-0.25, -0.2) is 15.0 Å². The minimum Gasteiger partial charge on any atom is -0.548 e. The lowest BCUT2D eigenvalue weighted by atomic mass is 10.1. The van der Waals surface area contributed by atoms with Crippen LogP contribution in [-0.4, -0.2) is 77.8 Å². The molecular weight excluding hydrogens is 376 g/mol. The van der Waals surface area contributed by atoms with Crippen LogP contribution in [-0.2, 0) is 20.4 Å². The average molecular weight is 398 g/mol.